The lowest BCUT2D eigenvalue weighted by Gasteiger charge is -2.49. The van der Waals surface area contributed by atoms with Gasteiger partial charge in [0.2, 0.25) is 15.9 Å². The maximum Gasteiger partial charge on any atom is 0.237 e. The number of allylic oxidation sites excluding steroid dienone is 1. The number of nitrogens with zero attached hydrogens (tertiary/aromatic N) is 1. The summed E-state index contributed by atoms with van der Waals surface area (Å²) in [6.45, 7) is 9.23. The first-order valence-electron chi connectivity index (χ1n) is 14.3. The first-order chi connectivity index (χ1) is 17.8. The van der Waals surface area contributed by atoms with Crippen LogP contribution in [0.15, 0.2) is 30.3 Å². The lowest BCUT2D eigenvalue weighted by molar-refractivity contribution is -0.127. The largest absolute Gasteiger partial charge is 0.387 e. The number of piperidine rings is 1. The fourth-order valence-electron chi connectivity index (χ4n) is 8.34. The van der Waals surface area contributed by atoms with Crippen molar-refractivity contribution in [1.29, 1.82) is 0 Å². The van der Waals surface area contributed by atoms with Gasteiger partial charge in [-0.25, -0.2) is 12.7 Å². The van der Waals surface area contributed by atoms with Crippen molar-refractivity contribution < 1.29 is 18.3 Å². The smallest absolute Gasteiger partial charge is 0.237 e. The Kier molecular flexibility index (Phi) is 6.90. The second-order valence-electron chi connectivity index (χ2n) is 13.5. The molecule has 0 unspecified atom stereocenters. The summed E-state index contributed by atoms with van der Waals surface area (Å²) in [5, 5.41) is 15.0. The SMILES string of the molecule is CC(C)C[C@H](N)C(=O)NC[C@]1(O)C[C@H]2CC[C@]1(CS(=O)(=O)N1CCC3(C=Cc4ccccc43)CC1)C2(C)C. The number of fused-ring (bicyclic) bond motifs is 4. The second-order valence-corrected chi connectivity index (χ2v) is 15.4. The Morgan fingerprint density at radius 3 is 2.53 bits per heavy atom. The van der Waals surface area contributed by atoms with Crippen LogP contribution in [-0.2, 0) is 20.2 Å². The van der Waals surface area contributed by atoms with E-state index in [4.69, 9.17) is 5.73 Å². The molecular formula is C30H45N3O4S. The highest BCUT2D eigenvalue weighted by Gasteiger charge is 2.72. The topological polar surface area (TPSA) is 113 Å². The summed E-state index contributed by atoms with van der Waals surface area (Å²) in [6.07, 6.45) is 8.54. The minimum Gasteiger partial charge on any atom is -0.387 e. The average Bonchev–Trinajstić information content (AvgIpc) is 3.38. The third-order valence-corrected chi connectivity index (χ3v) is 12.8. The van der Waals surface area contributed by atoms with Crippen LogP contribution in [0.1, 0.15) is 77.3 Å². The van der Waals surface area contributed by atoms with Crippen LogP contribution in [0.25, 0.3) is 6.08 Å². The molecule has 4 N–H and O–H groups in total. The van der Waals surface area contributed by atoms with Gasteiger partial charge in [-0.3, -0.25) is 4.79 Å². The number of aliphatic hydroxyl groups is 1. The monoisotopic (exact) mass is 543 g/mol. The van der Waals surface area contributed by atoms with E-state index < -0.39 is 27.1 Å². The Labute approximate surface area is 228 Å². The average molecular weight is 544 g/mol. The van der Waals surface area contributed by atoms with Gasteiger partial charge in [0.05, 0.1) is 17.4 Å². The van der Waals surface area contributed by atoms with Crippen molar-refractivity contribution in [3.63, 3.8) is 0 Å². The molecule has 4 aliphatic rings. The van der Waals surface area contributed by atoms with Crippen molar-refractivity contribution in [3.05, 3.63) is 41.5 Å². The molecule has 5 rings (SSSR count). The second kappa shape index (κ2) is 9.43. The van der Waals surface area contributed by atoms with Crippen LogP contribution in [0.4, 0.5) is 0 Å². The summed E-state index contributed by atoms with van der Waals surface area (Å²) < 4.78 is 29.7. The summed E-state index contributed by atoms with van der Waals surface area (Å²) in [7, 11) is -3.64. The van der Waals surface area contributed by atoms with Gasteiger partial charge >= 0.3 is 0 Å². The van der Waals surface area contributed by atoms with Crippen molar-refractivity contribution in [1.82, 2.24) is 9.62 Å². The molecule has 1 aromatic carbocycles. The number of sulfonamides is 1. The van der Waals surface area contributed by atoms with E-state index in [1.54, 1.807) is 4.31 Å². The van der Waals surface area contributed by atoms with E-state index in [2.05, 4.69) is 49.5 Å². The third-order valence-electron chi connectivity index (χ3n) is 10.8. The van der Waals surface area contributed by atoms with Crippen LogP contribution in [0.2, 0.25) is 0 Å². The van der Waals surface area contributed by atoms with Crippen LogP contribution in [0.5, 0.6) is 0 Å². The maximum atomic E-state index is 14.0. The van der Waals surface area contributed by atoms with Gasteiger partial charge in [-0.05, 0) is 66.9 Å². The molecule has 2 bridgehead atoms. The highest BCUT2D eigenvalue weighted by atomic mass is 32.2. The normalized spacial score (nSPS) is 32.1. The van der Waals surface area contributed by atoms with Gasteiger partial charge in [-0.1, -0.05) is 64.1 Å². The molecule has 210 valence electrons. The highest BCUT2D eigenvalue weighted by Crippen LogP contribution is 2.70. The minimum absolute atomic E-state index is 0.0395. The van der Waals surface area contributed by atoms with Crippen molar-refractivity contribution in [2.45, 2.75) is 83.3 Å². The molecule has 3 fully saturated rings. The van der Waals surface area contributed by atoms with Crippen LogP contribution in [0, 0.1) is 22.7 Å². The zero-order valence-electron chi connectivity index (χ0n) is 23.4. The van der Waals surface area contributed by atoms with Crippen molar-refractivity contribution >= 4 is 22.0 Å². The summed E-state index contributed by atoms with van der Waals surface area (Å²) in [5.41, 5.74) is 6.05. The van der Waals surface area contributed by atoms with Crippen LogP contribution in [0.3, 0.4) is 0 Å². The van der Waals surface area contributed by atoms with E-state index in [-0.39, 0.29) is 40.9 Å². The molecule has 1 spiro atoms. The molecular weight excluding hydrogens is 498 g/mol. The van der Waals surface area contributed by atoms with Crippen LogP contribution >= 0.6 is 0 Å². The Morgan fingerprint density at radius 2 is 1.87 bits per heavy atom. The van der Waals surface area contributed by atoms with Gasteiger partial charge < -0.3 is 16.2 Å². The summed E-state index contributed by atoms with van der Waals surface area (Å²) in [5.74, 6) is 0.132. The zero-order valence-corrected chi connectivity index (χ0v) is 24.2. The van der Waals surface area contributed by atoms with Crippen LogP contribution in [-0.4, -0.2) is 60.8 Å². The van der Waals surface area contributed by atoms with E-state index in [1.165, 1.54) is 11.1 Å². The third kappa shape index (κ3) is 4.27. The minimum atomic E-state index is -3.64. The van der Waals surface area contributed by atoms with Crippen molar-refractivity contribution in [2.24, 2.45) is 28.4 Å². The highest BCUT2D eigenvalue weighted by molar-refractivity contribution is 7.89. The zero-order chi connectivity index (χ0) is 27.6. The fourth-order valence-corrected chi connectivity index (χ4v) is 10.7. The summed E-state index contributed by atoms with van der Waals surface area (Å²) in [6, 6.07) is 7.75. The first kappa shape index (κ1) is 27.8. The Hall–Kier alpha value is -1.74. The summed E-state index contributed by atoms with van der Waals surface area (Å²) >= 11 is 0. The lowest BCUT2D eigenvalue weighted by Crippen LogP contribution is -2.60. The number of benzene rings is 1. The molecule has 1 amide bonds. The molecule has 2 saturated carbocycles. The molecule has 1 heterocycles. The Morgan fingerprint density at radius 1 is 1.18 bits per heavy atom. The predicted octanol–water partition coefficient (Wildman–Crippen LogP) is 3.42. The van der Waals surface area contributed by atoms with E-state index >= 15 is 0 Å². The number of carbonyl (C=O) groups is 1. The number of hydrogen-bond acceptors (Lipinski definition) is 5. The maximum absolute atomic E-state index is 14.0. The van der Waals surface area contributed by atoms with Gasteiger partial charge in [0.25, 0.3) is 0 Å². The molecule has 1 saturated heterocycles. The first-order valence-corrected chi connectivity index (χ1v) is 15.9. The van der Waals surface area contributed by atoms with E-state index in [0.29, 0.717) is 32.4 Å². The fraction of sp³-hybridized carbons (Fsp3) is 0.700. The molecule has 1 aliphatic heterocycles. The number of hydrogen-bond donors (Lipinski definition) is 3. The molecule has 8 heteroatoms. The number of amides is 1. The van der Waals surface area contributed by atoms with Crippen LogP contribution < -0.4 is 11.1 Å². The van der Waals surface area contributed by atoms with E-state index in [1.807, 2.05) is 19.9 Å². The Balaban J connectivity index is 1.32. The van der Waals surface area contributed by atoms with E-state index in [9.17, 15) is 18.3 Å². The van der Waals surface area contributed by atoms with Crippen molar-refractivity contribution in [2.75, 3.05) is 25.4 Å². The predicted molar refractivity (Wildman–Crippen MR) is 151 cm³/mol. The molecule has 3 aliphatic carbocycles. The van der Waals surface area contributed by atoms with Gasteiger partial charge in [0.1, 0.15) is 0 Å². The number of nitrogens with one attached hydrogen (secondary N) is 1. The number of rotatable bonds is 8. The van der Waals surface area contributed by atoms with Crippen molar-refractivity contribution in [3.8, 4) is 0 Å². The molecule has 0 aromatic heterocycles. The molecule has 1 aromatic rings. The quantitative estimate of drug-likeness (QED) is 0.465. The van der Waals surface area contributed by atoms with E-state index in [0.717, 1.165) is 19.3 Å². The Bertz CT molecular complexity index is 1220. The van der Waals surface area contributed by atoms with Gasteiger partial charge in [0, 0.05) is 30.5 Å². The van der Waals surface area contributed by atoms with Gasteiger partial charge in [-0.15, -0.1) is 0 Å². The lowest BCUT2D eigenvalue weighted by atomic mass is 9.64. The molecule has 7 nitrogen and oxygen atoms in total. The molecule has 0 radical (unpaired) electrons. The molecule has 38 heavy (non-hydrogen) atoms. The van der Waals surface area contributed by atoms with Gasteiger partial charge in [-0.2, -0.15) is 0 Å². The molecule has 4 atom stereocenters. The standard InChI is InChI=1S/C30H45N3O4S/c1-21(2)17-25(31)26(34)32-19-30(35)18-23-10-12-29(30,27(23,3)4)20-38(36,37)33-15-13-28(14-16-33)11-9-22-7-5-6-8-24(22)28/h5-9,11,21,23,25,35H,10,12-20,31H2,1-4H3,(H,32,34)/t23-,25+,29+,30-/m1/s1. The number of carbonyl (C=O) groups excluding carboxylic acids is 1. The number of nitrogens with two attached hydrogens (primary N) is 1. The van der Waals surface area contributed by atoms with Gasteiger partial charge in [0.15, 0.2) is 0 Å². The summed E-state index contributed by atoms with van der Waals surface area (Å²) in [4.78, 5) is 12.7.